The number of amides is 2. The molecule has 1 atom stereocenters. The van der Waals surface area contributed by atoms with E-state index < -0.39 is 6.04 Å². The molecule has 0 saturated heterocycles. The Bertz CT molecular complexity index is 815. The Morgan fingerprint density at radius 2 is 1.66 bits per heavy atom. The van der Waals surface area contributed by atoms with E-state index in [0.717, 1.165) is 11.1 Å². The van der Waals surface area contributed by atoms with E-state index in [-0.39, 0.29) is 17.4 Å². The zero-order valence-electron chi connectivity index (χ0n) is 17.7. The lowest BCUT2D eigenvalue weighted by Crippen LogP contribution is -2.53. The minimum Gasteiger partial charge on any atom is -0.350 e. The Kier molecular flexibility index (Phi) is 8.27. The van der Waals surface area contributed by atoms with Gasteiger partial charge in [-0.25, -0.2) is 0 Å². The smallest absolute Gasteiger partial charge is 0.243 e. The highest BCUT2D eigenvalue weighted by molar-refractivity contribution is 6.31. The summed E-state index contributed by atoms with van der Waals surface area (Å²) in [6.45, 7) is 8.05. The molecule has 1 N–H and O–H groups in total. The van der Waals surface area contributed by atoms with Crippen molar-refractivity contribution in [3.63, 3.8) is 0 Å². The van der Waals surface area contributed by atoms with Gasteiger partial charge in [-0.3, -0.25) is 9.59 Å². The first kappa shape index (κ1) is 23.0. The number of hydrogen-bond donors (Lipinski definition) is 1. The molecule has 2 aromatic carbocycles. The van der Waals surface area contributed by atoms with Gasteiger partial charge in [0, 0.05) is 23.5 Å². The normalized spacial score (nSPS) is 12.3. The van der Waals surface area contributed by atoms with Gasteiger partial charge in [0.2, 0.25) is 11.8 Å². The van der Waals surface area contributed by atoms with Crippen LogP contribution in [-0.2, 0) is 22.6 Å². The van der Waals surface area contributed by atoms with Gasteiger partial charge in [0.15, 0.2) is 0 Å². The van der Waals surface area contributed by atoms with Crippen molar-refractivity contribution in [1.82, 2.24) is 10.2 Å². The summed E-state index contributed by atoms with van der Waals surface area (Å²) < 4.78 is 0. The molecule has 0 bridgehead atoms. The number of nitrogens with zero attached hydrogens (tertiary/aromatic N) is 1. The number of halogens is 1. The summed E-state index contributed by atoms with van der Waals surface area (Å²) in [5.74, 6) is -0.190. The Morgan fingerprint density at radius 3 is 2.24 bits per heavy atom. The molecule has 2 aromatic rings. The minimum atomic E-state index is -0.547. The zero-order chi connectivity index (χ0) is 21.4. The fraction of sp³-hybridized carbons (Fsp3) is 0.417. The van der Waals surface area contributed by atoms with Gasteiger partial charge < -0.3 is 10.2 Å². The van der Waals surface area contributed by atoms with Crippen molar-refractivity contribution < 1.29 is 9.59 Å². The maximum Gasteiger partial charge on any atom is 0.243 e. The van der Waals surface area contributed by atoms with Gasteiger partial charge in [0.25, 0.3) is 0 Å². The average Bonchev–Trinajstić information content (AvgIpc) is 2.67. The van der Waals surface area contributed by atoms with E-state index in [1.54, 1.807) is 11.0 Å². The molecule has 2 rings (SSSR count). The molecule has 1 unspecified atom stereocenters. The van der Waals surface area contributed by atoms with E-state index in [1.165, 1.54) is 0 Å². The predicted octanol–water partition coefficient (Wildman–Crippen LogP) is 4.99. The van der Waals surface area contributed by atoms with Crippen LogP contribution >= 0.6 is 11.6 Å². The summed E-state index contributed by atoms with van der Waals surface area (Å²) in [4.78, 5) is 27.8. The topological polar surface area (TPSA) is 49.4 Å². The van der Waals surface area contributed by atoms with E-state index in [4.69, 9.17) is 11.6 Å². The molecular weight excluding hydrogens is 384 g/mol. The van der Waals surface area contributed by atoms with Crippen LogP contribution in [0.2, 0.25) is 5.02 Å². The maximum absolute atomic E-state index is 13.2. The summed E-state index contributed by atoms with van der Waals surface area (Å²) >= 11 is 6.34. The summed E-state index contributed by atoms with van der Waals surface area (Å²) in [6.07, 6.45) is 1.51. The lowest BCUT2D eigenvalue weighted by Gasteiger charge is -2.33. The molecule has 0 aliphatic heterocycles. The van der Waals surface area contributed by atoms with Crippen molar-refractivity contribution in [3.8, 4) is 0 Å². The average molecular weight is 415 g/mol. The second kappa shape index (κ2) is 10.4. The summed E-state index contributed by atoms with van der Waals surface area (Å²) in [7, 11) is 0. The molecule has 0 fully saturated rings. The van der Waals surface area contributed by atoms with Crippen LogP contribution in [0.4, 0.5) is 0 Å². The molecule has 156 valence electrons. The molecule has 2 amide bonds. The Hall–Kier alpha value is -2.33. The van der Waals surface area contributed by atoms with Crippen molar-refractivity contribution in [2.24, 2.45) is 0 Å². The lowest BCUT2D eigenvalue weighted by atomic mass is 10.0. The molecule has 29 heavy (non-hydrogen) atoms. The molecule has 4 nitrogen and oxygen atoms in total. The summed E-state index contributed by atoms with van der Waals surface area (Å²) in [6, 6.07) is 16.8. The second-order valence-corrected chi connectivity index (χ2v) is 8.67. The zero-order valence-corrected chi connectivity index (χ0v) is 18.5. The fourth-order valence-corrected chi connectivity index (χ4v) is 3.42. The molecule has 0 spiro atoms. The Balaban J connectivity index is 2.24. The quantitative estimate of drug-likeness (QED) is 0.661. The van der Waals surface area contributed by atoms with Crippen molar-refractivity contribution in [3.05, 3.63) is 70.7 Å². The highest BCUT2D eigenvalue weighted by Gasteiger charge is 2.30. The molecule has 5 heteroatoms. The van der Waals surface area contributed by atoms with Crippen molar-refractivity contribution in [2.75, 3.05) is 0 Å². The Labute approximate surface area is 179 Å². The van der Waals surface area contributed by atoms with E-state index in [9.17, 15) is 9.59 Å². The van der Waals surface area contributed by atoms with Gasteiger partial charge in [0.05, 0.1) is 0 Å². The van der Waals surface area contributed by atoms with Crippen molar-refractivity contribution >= 4 is 23.4 Å². The third-order valence-electron chi connectivity index (χ3n) is 4.65. The molecule has 0 heterocycles. The Morgan fingerprint density at radius 1 is 1.03 bits per heavy atom. The predicted molar refractivity (Wildman–Crippen MR) is 119 cm³/mol. The largest absolute Gasteiger partial charge is 0.350 e. The molecule has 0 radical (unpaired) electrons. The first-order chi connectivity index (χ1) is 13.7. The van der Waals surface area contributed by atoms with Crippen LogP contribution in [-0.4, -0.2) is 28.3 Å². The number of carbonyl (C=O) groups is 2. The van der Waals surface area contributed by atoms with Gasteiger partial charge in [-0.2, -0.15) is 0 Å². The van der Waals surface area contributed by atoms with Gasteiger partial charge >= 0.3 is 0 Å². The molecule has 0 saturated carbocycles. The fourth-order valence-electron chi connectivity index (χ4n) is 3.22. The number of carbonyl (C=O) groups excluding carboxylic acids is 2. The van der Waals surface area contributed by atoms with Crippen LogP contribution < -0.4 is 5.32 Å². The van der Waals surface area contributed by atoms with Gasteiger partial charge in [0.1, 0.15) is 6.04 Å². The van der Waals surface area contributed by atoms with Crippen LogP contribution in [0.1, 0.15) is 51.7 Å². The molecule has 0 aliphatic rings. The first-order valence-electron chi connectivity index (χ1n) is 10.1. The van der Waals surface area contributed by atoms with Crippen molar-refractivity contribution in [1.29, 1.82) is 0 Å². The van der Waals surface area contributed by atoms with Gasteiger partial charge in [-0.1, -0.05) is 67.1 Å². The van der Waals surface area contributed by atoms with Crippen LogP contribution in [0, 0.1) is 0 Å². The molecule has 0 aromatic heterocycles. The highest BCUT2D eigenvalue weighted by Crippen LogP contribution is 2.21. The number of nitrogens with one attached hydrogen (secondary N) is 1. The van der Waals surface area contributed by atoms with Crippen molar-refractivity contribution in [2.45, 2.75) is 65.1 Å². The van der Waals surface area contributed by atoms with E-state index in [2.05, 4.69) is 5.32 Å². The standard InChI is InChI=1S/C24H31ClN2O2/c1-5-21(23(29)26-24(2,3)4)27(17-19-13-9-10-14-20(19)25)22(28)16-15-18-11-7-6-8-12-18/h6-14,21H,5,15-17H2,1-4H3,(H,26,29). The third kappa shape index (κ3) is 7.21. The van der Waals surface area contributed by atoms with E-state index in [1.807, 2.05) is 76.2 Å². The summed E-state index contributed by atoms with van der Waals surface area (Å²) in [5, 5.41) is 3.61. The van der Waals surface area contributed by atoms with Gasteiger partial charge in [-0.15, -0.1) is 0 Å². The number of benzene rings is 2. The van der Waals surface area contributed by atoms with Crippen LogP contribution in [0.3, 0.4) is 0 Å². The van der Waals surface area contributed by atoms with E-state index in [0.29, 0.717) is 30.8 Å². The minimum absolute atomic E-state index is 0.0512. The SMILES string of the molecule is CCC(C(=O)NC(C)(C)C)N(Cc1ccccc1Cl)C(=O)CCc1ccccc1. The first-order valence-corrected chi connectivity index (χ1v) is 10.5. The van der Waals surface area contributed by atoms with Crippen LogP contribution in [0.25, 0.3) is 0 Å². The summed E-state index contributed by atoms with van der Waals surface area (Å²) in [5.41, 5.74) is 1.57. The number of rotatable bonds is 8. The lowest BCUT2D eigenvalue weighted by molar-refractivity contribution is -0.142. The second-order valence-electron chi connectivity index (χ2n) is 8.26. The molecular formula is C24H31ClN2O2. The van der Waals surface area contributed by atoms with Crippen LogP contribution in [0.5, 0.6) is 0 Å². The maximum atomic E-state index is 13.2. The highest BCUT2D eigenvalue weighted by atomic mass is 35.5. The molecule has 0 aliphatic carbocycles. The number of hydrogen-bond acceptors (Lipinski definition) is 2. The monoisotopic (exact) mass is 414 g/mol. The van der Waals surface area contributed by atoms with E-state index >= 15 is 0 Å². The van der Waals surface area contributed by atoms with Gasteiger partial charge in [-0.05, 0) is 50.8 Å². The number of aryl methyl sites for hydroxylation is 1. The van der Waals surface area contributed by atoms with Crippen LogP contribution in [0.15, 0.2) is 54.6 Å². The third-order valence-corrected chi connectivity index (χ3v) is 5.02.